The number of benzene rings is 2. The maximum absolute atomic E-state index is 7.57. The topological polar surface area (TPSA) is 20.2 Å². The molecule has 0 aromatic heterocycles. The van der Waals surface area contributed by atoms with E-state index in [0.717, 1.165) is 6.42 Å². The Kier molecular flexibility index (Phi) is 16.1. The van der Waals surface area contributed by atoms with Crippen molar-refractivity contribution in [1.82, 2.24) is 0 Å². The Labute approximate surface area is 173 Å². The van der Waals surface area contributed by atoms with Crippen LogP contribution in [0, 0.1) is 13.5 Å². The average molecular weight is 401 g/mol. The van der Waals surface area contributed by atoms with Gasteiger partial charge in [-0.15, -0.1) is 60.0 Å². The summed E-state index contributed by atoms with van der Waals surface area (Å²) in [5, 5.41) is 10.0. The van der Waals surface area contributed by atoms with Gasteiger partial charge < -0.3 is 12.5 Å². The van der Waals surface area contributed by atoms with Crippen LogP contribution >= 0.6 is 24.8 Å². The minimum atomic E-state index is 0. The first-order chi connectivity index (χ1) is 9.65. The Morgan fingerprint density at radius 3 is 2.17 bits per heavy atom. The number of rotatable bonds is 1. The molecular formula is C20H26Cl2OTi. The van der Waals surface area contributed by atoms with E-state index >= 15 is 0 Å². The Balaban J connectivity index is -0.000000590. The molecule has 0 saturated heterocycles. The second-order valence-electron chi connectivity index (χ2n) is 5.10. The Morgan fingerprint density at radius 2 is 1.62 bits per heavy atom. The van der Waals surface area contributed by atoms with Crippen LogP contribution in [-0.2, 0) is 21.7 Å². The molecule has 0 radical (unpaired) electrons. The summed E-state index contributed by atoms with van der Waals surface area (Å²) in [4.78, 5) is 0. The van der Waals surface area contributed by atoms with Crippen LogP contribution in [0.25, 0.3) is 16.3 Å². The summed E-state index contributed by atoms with van der Waals surface area (Å²) in [5.41, 5.74) is 5.50. The first-order valence-electron chi connectivity index (χ1n) is 7.05. The van der Waals surface area contributed by atoms with Crippen LogP contribution in [0.1, 0.15) is 32.8 Å². The molecule has 1 aliphatic rings. The van der Waals surface area contributed by atoms with Crippen molar-refractivity contribution in [3.8, 4) is 0 Å². The van der Waals surface area contributed by atoms with E-state index in [-0.39, 0.29) is 60.6 Å². The van der Waals surface area contributed by atoms with Crippen LogP contribution in [0.3, 0.4) is 0 Å². The third kappa shape index (κ3) is 7.13. The van der Waals surface area contributed by atoms with Crippen molar-refractivity contribution >= 4 is 41.2 Å². The molecule has 0 aliphatic heterocycles. The average Bonchev–Trinajstić information content (AvgIpc) is 2.78. The zero-order chi connectivity index (χ0) is 14.5. The monoisotopic (exact) mass is 400 g/mol. The van der Waals surface area contributed by atoms with E-state index < -0.39 is 0 Å². The molecular weight excluding hydrogens is 375 g/mol. The van der Waals surface area contributed by atoms with Crippen LogP contribution in [0.4, 0.5) is 0 Å². The molecule has 0 amide bonds. The molecule has 2 aromatic carbocycles. The molecule has 1 aliphatic carbocycles. The zero-order valence-electron chi connectivity index (χ0n) is 14.7. The third-order valence-corrected chi connectivity index (χ3v) is 3.38. The Bertz CT molecular complexity index is 678. The number of fused-ring (bicyclic) bond motifs is 1. The summed E-state index contributed by atoms with van der Waals surface area (Å²) >= 11 is 0. The summed E-state index contributed by atoms with van der Waals surface area (Å²) in [6, 6.07) is 16.3. The van der Waals surface area contributed by atoms with E-state index in [4.69, 9.17) is 5.11 Å². The van der Waals surface area contributed by atoms with Crippen LogP contribution in [0.5, 0.6) is 0 Å². The molecule has 0 heterocycles. The summed E-state index contributed by atoms with van der Waals surface area (Å²) < 4.78 is 0. The second-order valence-corrected chi connectivity index (χ2v) is 5.10. The van der Waals surface area contributed by atoms with Gasteiger partial charge >= 0.3 is 21.7 Å². The fraction of sp³-hybridized carbons (Fsp3) is 0.250. The zero-order valence-corrected chi connectivity index (χ0v) is 17.9. The molecule has 1 nitrogen and oxygen atoms in total. The van der Waals surface area contributed by atoms with Crippen molar-refractivity contribution < 1.29 is 26.8 Å². The van der Waals surface area contributed by atoms with Gasteiger partial charge in [-0.3, -0.25) is 0 Å². The smallest absolute Gasteiger partial charge is 0.397 e. The Hall–Kier alpha value is -0.566. The standard InChI is InChI=1S/C17H15.C2H6O.CH3.2ClH.Ti/c1-12-9-13(2)17(10-12)16-8-7-14-5-3-4-6-15(14)11-16;1-2-3;;;;/h3-9H,10H2,1-2H3;3H,2H2,1H3;1H3;2*1H;/q-1;;-1;;;+2. The normalized spacial score (nSPS) is 11.8. The molecule has 2 aromatic rings. The van der Waals surface area contributed by atoms with Crippen LogP contribution in [0.15, 0.2) is 53.6 Å². The van der Waals surface area contributed by atoms with Gasteiger partial charge in [0.2, 0.25) is 0 Å². The molecule has 1 N–H and O–H groups in total. The first-order valence-corrected chi connectivity index (χ1v) is 7.05. The molecule has 0 fully saturated rings. The van der Waals surface area contributed by atoms with Gasteiger partial charge in [-0.25, -0.2) is 0 Å². The molecule has 0 unspecified atom stereocenters. The minimum Gasteiger partial charge on any atom is -0.397 e. The van der Waals surface area contributed by atoms with Gasteiger partial charge in [-0.1, -0.05) is 46.4 Å². The van der Waals surface area contributed by atoms with E-state index in [1.165, 1.54) is 33.1 Å². The number of aliphatic hydroxyl groups is 1. The molecule has 0 spiro atoms. The van der Waals surface area contributed by atoms with Gasteiger partial charge in [-0.2, -0.15) is 0 Å². The number of aliphatic hydroxyl groups excluding tert-OH is 1. The van der Waals surface area contributed by atoms with Gasteiger partial charge in [0.05, 0.1) is 0 Å². The van der Waals surface area contributed by atoms with Gasteiger partial charge in [0.25, 0.3) is 0 Å². The van der Waals surface area contributed by atoms with Crippen molar-refractivity contribution in [1.29, 1.82) is 0 Å². The van der Waals surface area contributed by atoms with E-state index in [1.54, 1.807) is 6.92 Å². The van der Waals surface area contributed by atoms with E-state index in [2.05, 4.69) is 62.4 Å². The molecule has 0 atom stereocenters. The van der Waals surface area contributed by atoms with Crippen molar-refractivity contribution in [2.75, 3.05) is 6.61 Å². The van der Waals surface area contributed by atoms with Gasteiger partial charge in [0.15, 0.2) is 0 Å². The summed E-state index contributed by atoms with van der Waals surface area (Å²) in [5.74, 6) is 0. The molecule has 4 heteroatoms. The second kappa shape index (κ2) is 13.7. The first kappa shape index (κ1) is 28.2. The van der Waals surface area contributed by atoms with Crippen molar-refractivity contribution in [2.45, 2.75) is 27.2 Å². The summed E-state index contributed by atoms with van der Waals surface area (Å²) in [7, 11) is 0. The predicted molar refractivity (Wildman–Crippen MR) is 107 cm³/mol. The van der Waals surface area contributed by atoms with Crippen molar-refractivity contribution in [3.63, 3.8) is 0 Å². The number of allylic oxidation sites excluding steroid dienone is 4. The van der Waals surface area contributed by atoms with E-state index in [9.17, 15) is 0 Å². The molecule has 3 rings (SSSR count). The fourth-order valence-corrected chi connectivity index (χ4v) is 2.53. The number of hydrogen-bond acceptors (Lipinski definition) is 1. The maximum atomic E-state index is 7.57. The predicted octanol–water partition coefficient (Wildman–Crippen LogP) is 6.05. The Morgan fingerprint density at radius 1 is 1.04 bits per heavy atom. The van der Waals surface area contributed by atoms with E-state index in [0.29, 0.717) is 0 Å². The van der Waals surface area contributed by atoms with Crippen molar-refractivity contribution in [3.05, 3.63) is 72.7 Å². The van der Waals surface area contributed by atoms with Gasteiger partial charge in [0, 0.05) is 6.61 Å². The number of halogens is 2. The fourth-order valence-electron chi connectivity index (χ4n) is 2.53. The van der Waals surface area contributed by atoms with E-state index in [1.807, 2.05) is 0 Å². The SMILES string of the molecule is CC1=CC(C)=C(c2[c-]c3ccccc3cc2)C1.CCO.Cl.Cl.[CH3-].[Ti+2]. The molecule has 130 valence electrons. The molecule has 0 bridgehead atoms. The summed E-state index contributed by atoms with van der Waals surface area (Å²) in [6.45, 7) is 6.31. The molecule has 0 saturated carbocycles. The van der Waals surface area contributed by atoms with Crippen LogP contribution < -0.4 is 0 Å². The quantitative estimate of drug-likeness (QED) is 0.456. The summed E-state index contributed by atoms with van der Waals surface area (Å²) in [6.07, 6.45) is 3.35. The number of hydrogen-bond donors (Lipinski definition) is 1. The van der Waals surface area contributed by atoms with Gasteiger partial charge in [-0.05, 0) is 27.2 Å². The van der Waals surface area contributed by atoms with Crippen LogP contribution in [0.2, 0.25) is 0 Å². The minimum absolute atomic E-state index is 0. The molecule has 24 heavy (non-hydrogen) atoms. The van der Waals surface area contributed by atoms with Gasteiger partial charge in [0.1, 0.15) is 0 Å². The largest absolute Gasteiger partial charge is 2.00 e. The van der Waals surface area contributed by atoms with Crippen LogP contribution in [-0.4, -0.2) is 11.7 Å². The third-order valence-electron chi connectivity index (χ3n) is 3.38. The maximum Gasteiger partial charge on any atom is 2.00 e. The van der Waals surface area contributed by atoms with Crippen molar-refractivity contribution in [2.24, 2.45) is 0 Å².